The van der Waals surface area contributed by atoms with E-state index in [1.807, 2.05) is 25.2 Å². The molecule has 3 heterocycles. The van der Waals surface area contributed by atoms with E-state index in [-0.39, 0.29) is 5.91 Å². The van der Waals surface area contributed by atoms with E-state index >= 15 is 0 Å². The number of carbonyl (C=O) groups excluding carboxylic acids is 1. The summed E-state index contributed by atoms with van der Waals surface area (Å²) < 4.78 is 1.83. The Morgan fingerprint density at radius 3 is 2.80 bits per heavy atom. The van der Waals surface area contributed by atoms with Crippen LogP contribution in [0.1, 0.15) is 26.8 Å². The van der Waals surface area contributed by atoms with E-state index in [1.54, 1.807) is 18.3 Å². The maximum absolute atomic E-state index is 12.2. The van der Waals surface area contributed by atoms with Crippen molar-refractivity contribution < 1.29 is 4.79 Å². The quantitative estimate of drug-likeness (QED) is 0.785. The Morgan fingerprint density at radius 1 is 1.30 bits per heavy atom. The number of hydrogen-bond acceptors (Lipinski definition) is 5. The average molecular weight is 287 g/mol. The minimum absolute atomic E-state index is 0.193. The highest BCUT2D eigenvalue weighted by molar-refractivity contribution is 7.15. The number of aryl methyl sites for hydroxylation is 3. The van der Waals surface area contributed by atoms with E-state index in [4.69, 9.17) is 0 Å². The number of fused-ring (bicyclic) bond motifs is 1. The van der Waals surface area contributed by atoms with E-state index in [0.717, 1.165) is 16.4 Å². The summed E-state index contributed by atoms with van der Waals surface area (Å²) in [5.41, 5.74) is 2.13. The van der Waals surface area contributed by atoms with E-state index in [9.17, 15) is 4.79 Å². The lowest BCUT2D eigenvalue weighted by Gasteiger charge is -2.02. The first kappa shape index (κ1) is 12.7. The fourth-order valence-corrected chi connectivity index (χ4v) is 2.66. The highest BCUT2D eigenvalue weighted by atomic mass is 32.1. The molecule has 0 aliphatic carbocycles. The number of amides is 1. The molecule has 0 aliphatic rings. The molecular weight excluding hydrogens is 274 g/mol. The van der Waals surface area contributed by atoms with Crippen LogP contribution in [0.3, 0.4) is 0 Å². The number of pyridine rings is 1. The summed E-state index contributed by atoms with van der Waals surface area (Å²) in [4.78, 5) is 17.6. The second-order valence-electron chi connectivity index (χ2n) is 4.51. The van der Waals surface area contributed by atoms with Crippen molar-refractivity contribution in [1.29, 1.82) is 0 Å². The van der Waals surface area contributed by atoms with Crippen LogP contribution in [-0.2, 0) is 0 Å². The van der Waals surface area contributed by atoms with Gasteiger partial charge in [-0.15, -0.1) is 21.5 Å². The largest absolute Gasteiger partial charge is 0.298 e. The van der Waals surface area contributed by atoms with Gasteiger partial charge < -0.3 is 0 Å². The number of hydrogen-bond donors (Lipinski definition) is 1. The lowest BCUT2D eigenvalue weighted by molar-refractivity contribution is 0.102. The summed E-state index contributed by atoms with van der Waals surface area (Å²) in [5, 5.41) is 11.4. The maximum Gasteiger partial charge on any atom is 0.257 e. The van der Waals surface area contributed by atoms with Gasteiger partial charge in [0.1, 0.15) is 5.82 Å². The van der Waals surface area contributed by atoms with Crippen molar-refractivity contribution in [2.75, 3.05) is 5.32 Å². The van der Waals surface area contributed by atoms with Gasteiger partial charge in [-0.25, -0.2) is 4.98 Å². The molecule has 102 valence electrons. The zero-order chi connectivity index (χ0) is 14.3. The highest BCUT2D eigenvalue weighted by Crippen LogP contribution is 2.21. The molecule has 0 saturated heterocycles. The number of aromatic nitrogens is 4. The molecule has 7 heteroatoms. The number of nitrogens with one attached hydrogen (secondary N) is 1. The van der Waals surface area contributed by atoms with E-state index in [1.165, 1.54) is 11.3 Å². The van der Waals surface area contributed by atoms with Crippen molar-refractivity contribution >= 4 is 28.0 Å². The van der Waals surface area contributed by atoms with Gasteiger partial charge in [0.05, 0.1) is 5.69 Å². The van der Waals surface area contributed by atoms with Gasteiger partial charge in [0.2, 0.25) is 0 Å². The molecule has 0 spiro atoms. The third kappa shape index (κ3) is 2.16. The fourth-order valence-electron chi connectivity index (χ4n) is 1.85. The average Bonchev–Trinajstić information content (AvgIpc) is 2.93. The van der Waals surface area contributed by atoms with Crippen molar-refractivity contribution in [2.24, 2.45) is 0 Å². The number of thiazole rings is 1. The van der Waals surface area contributed by atoms with Crippen LogP contribution < -0.4 is 5.32 Å². The number of carbonyl (C=O) groups is 1. The number of rotatable bonds is 2. The maximum atomic E-state index is 12.2. The minimum atomic E-state index is -0.193. The third-order valence-electron chi connectivity index (χ3n) is 3.09. The van der Waals surface area contributed by atoms with Crippen molar-refractivity contribution in [2.45, 2.75) is 20.8 Å². The van der Waals surface area contributed by atoms with Gasteiger partial charge in [0, 0.05) is 16.6 Å². The van der Waals surface area contributed by atoms with Crippen LogP contribution in [0.2, 0.25) is 0 Å². The highest BCUT2D eigenvalue weighted by Gasteiger charge is 2.11. The Morgan fingerprint density at radius 2 is 2.10 bits per heavy atom. The molecule has 0 unspecified atom stereocenters. The molecule has 3 aromatic rings. The zero-order valence-corrected chi connectivity index (χ0v) is 12.2. The topological polar surface area (TPSA) is 72.2 Å². The molecule has 0 radical (unpaired) electrons. The Hall–Kier alpha value is -2.28. The normalized spacial score (nSPS) is 10.9. The standard InChI is InChI=1S/C13H13N5OS/c1-7-8(2)20-13(14-7)15-12(19)10-4-5-18-9(3)16-17-11(18)6-10/h4-6H,1-3H3,(H,14,15,19). The molecule has 0 atom stereocenters. The molecule has 1 N–H and O–H groups in total. The summed E-state index contributed by atoms with van der Waals surface area (Å²) in [5.74, 6) is 0.597. The first-order valence-electron chi connectivity index (χ1n) is 6.11. The predicted molar refractivity (Wildman–Crippen MR) is 77.3 cm³/mol. The summed E-state index contributed by atoms with van der Waals surface area (Å²) in [6, 6.07) is 3.45. The summed E-state index contributed by atoms with van der Waals surface area (Å²) in [7, 11) is 0. The van der Waals surface area contributed by atoms with E-state index < -0.39 is 0 Å². The van der Waals surface area contributed by atoms with Crippen LogP contribution >= 0.6 is 11.3 Å². The van der Waals surface area contributed by atoms with Crippen LogP contribution in [0, 0.1) is 20.8 Å². The summed E-state index contributed by atoms with van der Waals surface area (Å²) in [6.45, 7) is 5.76. The van der Waals surface area contributed by atoms with Gasteiger partial charge in [-0.1, -0.05) is 0 Å². The van der Waals surface area contributed by atoms with Crippen molar-refractivity contribution in [3.8, 4) is 0 Å². The van der Waals surface area contributed by atoms with E-state index in [0.29, 0.717) is 16.3 Å². The SMILES string of the molecule is Cc1nc(NC(=O)c2ccn3c(C)nnc3c2)sc1C. The van der Waals surface area contributed by atoms with Gasteiger partial charge in [-0.2, -0.15) is 0 Å². The summed E-state index contributed by atoms with van der Waals surface area (Å²) in [6.07, 6.45) is 1.79. The molecular formula is C13H13N5OS. The van der Waals surface area contributed by atoms with Gasteiger partial charge in [0.15, 0.2) is 10.8 Å². The minimum Gasteiger partial charge on any atom is -0.298 e. The molecule has 0 aliphatic heterocycles. The predicted octanol–water partition coefficient (Wildman–Crippen LogP) is 2.36. The van der Waals surface area contributed by atoms with Crippen molar-refractivity contribution in [3.63, 3.8) is 0 Å². The smallest absolute Gasteiger partial charge is 0.257 e. The molecule has 0 bridgehead atoms. The Kier molecular flexibility index (Phi) is 2.98. The number of anilines is 1. The lowest BCUT2D eigenvalue weighted by Crippen LogP contribution is -2.12. The second kappa shape index (κ2) is 4.68. The molecule has 0 fully saturated rings. The first-order valence-corrected chi connectivity index (χ1v) is 6.93. The fraction of sp³-hybridized carbons (Fsp3) is 0.231. The van der Waals surface area contributed by atoms with E-state index in [2.05, 4.69) is 20.5 Å². The number of nitrogens with zero attached hydrogens (tertiary/aromatic N) is 4. The van der Waals surface area contributed by atoms with Gasteiger partial charge in [-0.3, -0.25) is 14.5 Å². The lowest BCUT2D eigenvalue weighted by atomic mass is 10.2. The third-order valence-corrected chi connectivity index (χ3v) is 4.08. The first-order chi connectivity index (χ1) is 9.54. The molecule has 3 rings (SSSR count). The Bertz CT molecular complexity index is 785. The van der Waals surface area contributed by atoms with Gasteiger partial charge in [-0.05, 0) is 32.9 Å². The second-order valence-corrected chi connectivity index (χ2v) is 5.71. The van der Waals surface area contributed by atoms with Crippen molar-refractivity contribution in [3.05, 3.63) is 40.3 Å². The monoisotopic (exact) mass is 287 g/mol. The van der Waals surface area contributed by atoms with Crippen molar-refractivity contribution in [1.82, 2.24) is 19.6 Å². The summed E-state index contributed by atoms with van der Waals surface area (Å²) >= 11 is 1.47. The zero-order valence-electron chi connectivity index (χ0n) is 11.3. The molecule has 3 aromatic heterocycles. The molecule has 20 heavy (non-hydrogen) atoms. The van der Waals surface area contributed by atoms with Crippen LogP contribution in [0.25, 0.3) is 5.65 Å². The van der Waals surface area contributed by atoms with Gasteiger partial charge >= 0.3 is 0 Å². The Balaban J connectivity index is 1.88. The molecule has 0 aromatic carbocycles. The molecule has 6 nitrogen and oxygen atoms in total. The molecule has 0 saturated carbocycles. The molecule has 1 amide bonds. The van der Waals surface area contributed by atoms with Gasteiger partial charge in [0.25, 0.3) is 5.91 Å². The Labute approximate surface area is 119 Å². The van der Waals surface area contributed by atoms with Crippen LogP contribution in [0.15, 0.2) is 18.3 Å². The van der Waals surface area contributed by atoms with Crippen LogP contribution in [0.5, 0.6) is 0 Å². The van der Waals surface area contributed by atoms with Crippen LogP contribution in [-0.4, -0.2) is 25.5 Å². The van der Waals surface area contributed by atoms with Crippen LogP contribution in [0.4, 0.5) is 5.13 Å².